The van der Waals surface area contributed by atoms with Crippen LogP contribution in [-0.2, 0) is 38.1 Å². The third-order valence-electron chi connectivity index (χ3n) is 6.26. The van der Waals surface area contributed by atoms with Gasteiger partial charge in [-0.1, -0.05) is 0 Å². The van der Waals surface area contributed by atoms with Crippen LogP contribution in [0, 0.1) is 17.8 Å². The highest BCUT2D eigenvalue weighted by atomic mass is 16.7. The predicted octanol–water partition coefficient (Wildman–Crippen LogP) is 1.17. The average molecular weight is 446 g/mol. The van der Waals surface area contributed by atoms with E-state index in [1.807, 2.05) is 0 Å². The molecule has 3 aliphatic carbocycles. The molecule has 170 valence electrons. The number of methoxy groups -OCH3 is 4. The van der Waals surface area contributed by atoms with E-state index in [4.69, 9.17) is 23.7 Å². The monoisotopic (exact) mass is 446 g/mol. The fourth-order valence-corrected chi connectivity index (χ4v) is 4.90. The first kappa shape index (κ1) is 21.8. The van der Waals surface area contributed by atoms with Crippen molar-refractivity contribution in [3.05, 3.63) is 58.3 Å². The minimum absolute atomic E-state index is 0.0160. The Bertz CT molecular complexity index is 1060. The van der Waals surface area contributed by atoms with Gasteiger partial charge in [-0.15, -0.1) is 0 Å². The van der Waals surface area contributed by atoms with E-state index < -0.39 is 53.1 Å². The van der Waals surface area contributed by atoms with Crippen molar-refractivity contribution in [2.75, 3.05) is 28.4 Å². The molecule has 4 aliphatic rings. The number of hydrogen-bond donors (Lipinski definition) is 2. The standard InChI is InChI=1S/C22H22O10/c1-28-15-7-13(24)19-16-9(15)5-10(20(26)29-2)17(21(27)30-3)18(16)11-6-12(23)14(25)8-22(11,31-4)32-19/h5-8,16-19,24-25H,1-4H3. The van der Waals surface area contributed by atoms with E-state index in [0.29, 0.717) is 5.57 Å². The summed E-state index contributed by atoms with van der Waals surface area (Å²) in [6.45, 7) is 0. The fraction of sp³-hybridized carbons (Fsp3) is 0.409. The van der Waals surface area contributed by atoms with Gasteiger partial charge in [-0.3, -0.25) is 9.59 Å². The Labute approximate surface area is 183 Å². The molecule has 0 aromatic carbocycles. The van der Waals surface area contributed by atoms with Crippen LogP contribution in [-0.4, -0.2) is 68.3 Å². The summed E-state index contributed by atoms with van der Waals surface area (Å²) in [4.78, 5) is 38.1. The highest BCUT2D eigenvalue weighted by Crippen LogP contribution is 2.57. The number of aliphatic hydroxyl groups is 2. The Morgan fingerprint density at radius 3 is 2.34 bits per heavy atom. The number of aliphatic hydroxyl groups excluding tert-OH is 2. The zero-order valence-electron chi connectivity index (χ0n) is 17.8. The van der Waals surface area contributed by atoms with Gasteiger partial charge in [0.05, 0.1) is 32.8 Å². The number of ether oxygens (including phenoxy) is 5. The van der Waals surface area contributed by atoms with Gasteiger partial charge in [0, 0.05) is 42.2 Å². The number of ketones is 1. The first-order valence-electron chi connectivity index (χ1n) is 9.70. The van der Waals surface area contributed by atoms with Crippen LogP contribution in [0.3, 0.4) is 0 Å². The fourth-order valence-electron chi connectivity index (χ4n) is 4.90. The van der Waals surface area contributed by atoms with Gasteiger partial charge >= 0.3 is 11.9 Å². The van der Waals surface area contributed by atoms with Gasteiger partial charge in [0.15, 0.2) is 5.76 Å². The number of hydrogen-bond acceptors (Lipinski definition) is 10. The van der Waals surface area contributed by atoms with Crippen LogP contribution < -0.4 is 0 Å². The van der Waals surface area contributed by atoms with Crippen LogP contribution in [0.5, 0.6) is 0 Å². The summed E-state index contributed by atoms with van der Waals surface area (Å²) in [6, 6.07) is 0. The van der Waals surface area contributed by atoms with Crippen LogP contribution in [0.2, 0.25) is 0 Å². The average Bonchev–Trinajstić information content (AvgIpc) is 2.80. The zero-order chi connectivity index (χ0) is 23.4. The number of rotatable bonds is 4. The lowest BCUT2D eigenvalue weighted by molar-refractivity contribution is -0.230. The molecule has 2 N–H and O–H groups in total. The Hall–Kier alpha value is -3.37. The molecule has 10 nitrogen and oxygen atoms in total. The molecule has 0 aromatic rings. The molecule has 0 bridgehead atoms. The van der Waals surface area contributed by atoms with Crippen LogP contribution >= 0.6 is 0 Å². The van der Waals surface area contributed by atoms with E-state index in [0.717, 1.165) is 12.2 Å². The van der Waals surface area contributed by atoms with Gasteiger partial charge in [0.25, 0.3) is 0 Å². The van der Waals surface area contributed by atoms with Crippen LogP contribution in [0.15, 0.2) is 58.3 Å². The summed E-state index contributed by atoms with van der Waals surface area (Å²) in [5.41, 5.74) is 0.645. The lowest BCUT2D eigenvalue weighted by Crippen LogP contribution is -2.58. The van der Waals surface area contributed by atoms with Crippen molar-refractivity contribution in [1.82, 2.24) is 0 Å². The van der Waals surface area contributed by atoms with Crippen LogP contribution in [0.4, 0.5) is 0 Å². The highest BCUT2D eigenvalue weighted by Gasteiger charge is 2.61. The topological polar surface area (TPSA) is 138 Å². The molecule has 0 spiro atoms. The highest BCUT2D eigenvalue weighted by molar-refractivity contribution is 6.04. The summed E-state index contributed by atoms with van der Waals surface area (Å²) >= 11 is 0. The van der Waals surface area contributed by atoms with E-state index in [1.54, 1.807) is 0 Å². The summed E-state index contributed by atoms with van der Waals surface area (Å²) < 4.78 is 27.0. The van der Waals surface area contributed by atoms with Crippen molar-refractivity contribution in [1.29, 1.82) is 0 Å². The largest absolute Gasteiger partial charge is 0.509 e. The van der Waals surface area contributed by atoms with Crippen molar-refractivity contribution < 1.29 is 48.3 Å². The van der Waals surface area contributed by atoms with Crippen molar-refractivity contribution >= 4 is 17.7 Å². The molecule has 5 atom stereocenters. The zero-order valence-corrected chi connectivity index (χ0v) is 17.8. The van der Waals surface area contributed by atoms with Crippen molar-refractivity contribution in [2.45, 2.75) is 11.9 Å². The molecule has 0 aromatic heterocycles. The molecule has 0 radical (unpaired) electrons. The van der Waals surface area contributed by atoms with Gasteiger partial charge in [-0.2, -0.15) is 0 Å². The van der Waals surface area contributed by atoms with E-state index >= 15 is 0 Å². The number of carbonyl (C=O) groups is 3. The Morgan fingerprint density at radius 1 is 1.03 bits per heavy atom. The number of esters is 2. The molecule has 0 amide bonds. The molecule has 5 unspecified atom stereocenters. The van der Waals surface area contributed by atoms with E-state index in [2.05, 4.69) is 0 Å². The summed E-state index contributed by atoms with van der Waals surface area (Å²) in [5, 5.41) is 20.9. The maximum atomic E-state index is 13.0. The minimum atomic E-state index is -1.77. The third kappa shape index (κ3) is 2.90. The van der Waals surface area contributed by atoms with Crippen LogP contribution in [0.25, 0.3) is 0 Å². The molecule has 10 heteroatoms. The van der Waals surface area contributed by atoms with E-state index in [1.165, 1.54) is 40.6 Å². The normalized spacial score (nSPS) is 33.1. The maximum absolute atomic E-state index is 13.0. The summed E-state index contributed by atoms with van der Waals surface area (Å²) in [6.07, 6.45) is 3.97. The second kappa shape index (κ2) is 7.64. The molecule has 4 rings (SSSR count). The minimum Gasteiger partial charge on any atom is -0.509 e. The van der Waals surface area contributed by atoms with Gasteiger partial charge < -0.3 is 33.9 Å². The van der Waals surface area contributed by atoms with Gasteiger partial charge in [0.1, 0.15) is 17.6 Å². The van der Waals surface area contributed by atoms with Crippen molar-refractivity contribution in [3.8, 4) is 0 Å². The third-order valence-corrected chi connectivity index (χ3v) is 6.26. The number of fused-ring (bicyclic) bond motifs is 2. The molecule has 1 saturated heterocycles. The van der Waals surface area contributed by atoms with Gasteiger partial charge in [-0.05, 0) is 12.2 Å². The first-order chi connectivity index (χ1) is 15.2. The SMILES string of the molecule is COC(=O)C1=CC2=C(OC)C=C(O)C3OC4(OC)C=C(O)C(=O)C=C4C(C1C(=O)OC)C23. The summed E-state index contributed by atoms with van der Waals surface area (Å²) in [5.74, 6) is -7.45. The Balaban J connectivity index is 2.06. The smallest absolute Gasteiger partial charge is 0.334 e. The molecule has 0 saturated carbocycles. The molecular weight excluding hydrogens is 424 g/mol. The molecule has 1 heterocycles. The molecule has 1 fully saturated rings. The van der Waals surface area contributed by atoms with Crippen LogP contribution in [0.1, 0.15) is 0 Å². The predicted molar refractivity (Wildman–Crippen MR) is 106 cm³/mol. The molecule has 1 aliphatic heterocycles. The quantitative estimate of drug-likeness (QED) is 0.605. The number of carbonyl (C=O) groups excluding carboxylic acids is 3. The lowest BCUT2D eigenvalue weighted by Gasteiger charge is -2.53. The van der Waals surface area contributed by atoms with Crippen molar-refractivity contribution in [3.63, 3.8) is 0 Å². The summed E-state index contributed by atoms with van der Waals surface area (Å²) in [7, 11) is 5.04. The Kier molecular flexibility index (Phi) is 5.22. The Morgan fingerprint density at radius 2 is 1.75 bits per heavy atom. The second-order valence-electron chi connectivity index (χ2n) is 7.64. The van der Waals surface area contributed by atoms with Crippen molar-refractivity contribution in [2.24, 2.45) is 17.8 Å². The lowest BCUT2D eigenvalue weighted by atomic mass is 9.59. The van der Waals surface area contributed by atoms with E-state index in [-0.39, 0.29) is 22.7 Å². The van der Waals surface area contributed by atoms with Gasteiger partial charge in [-0.25, -0.2) is 4.79 Å². The number of allylic oxidation sites excluding steroid dienone is 3. The second-order valence-corrected chi connectivity index (χ2v) is 7.64. The van der Waals surface area contributed by atoms with E-state index in [9.17, 15) is 24.6 Å². The maximum Gasteiger partial charge on any atom is 0.334 e. The first-order valence-corrected chi connectivity index (χ1v) is 9.70. The van der Waals surface area contributed by atoms with Gasteiger partial charge in [0.2, 0.25) is 11.6 Å². The molecule has 32 heavy (non-hydrogen) atoms. The molecular formula is C22H22O10.